The van der Waals surface area contributed by atoms with Crippen LogP contribution >= 0.6 is 11.8 Å². The van der Waals surface area contributed by atoms with Crippen LogP contribution in [0.3, 0.4) is 0 Å². The second-order valence-electron chi connectivity index (χ2n) is 4.10. The van der Waals surface area contributed by atoms with Crippen molar-refractivity contribution in [2.24, 2.45) is 0 Å². The SMILES string of the molecule is CCCCCN(C(=O)O)C(SCCCC)C(=O)O. The number of amides is 1. The number of carbonyl (C=O) groups is 2. The van der Waals surface area contributed by atoms with Crippen molar-refractivity contribution in [2.75, 3.05) is 12.3 Å². The lowest BCUT2D eigenvalue weighted by molar-refractivity contribution is -0.139. The molecule has 18 heavy (non-hydrogen) atoms. The van der Waals surface area contributed by atoms with E-state index in [-0.39, 0.29) is 0 Å². The second kappa shape index (κ2) is 10.1. The molecule has 0 fully saturated rings. The summed E-state index contributed by atoms with van der Waals surface area (Å²) in [5, 5.41) is 17.2. The Kier molecular flexibility index (Phi) is 9.55. The highest BCUT2D eigenvalue weighted by molar-refractivity contribution is 8.00. The summed E-state index contributed by atoms with van der Waals surface area (Å²) >= 11 is 1.19. The van der Waals surface area contributed by atoms with Gasteiger partial charge in [-0.3, -0.25) is 4.90 Å². The van der Waals surface area contributed by atoms with Gasteiger partial charge in [0.25, 0.3) is 0 Å². The summed E-state index contributed by atoms with van der Waals surface area (Å²) in [5.74, 6) is -0.402. The summed E-state index contributed by atoms with van der Waals surface area (Å²) in [7, 11) is 0. The number of unbranched alkanes of at least 4 members (excludes halogenated alkanes) is 3. The zero-order valence-corrected chi connectivity index (χ0v) is 11.9. The van der Waals surface area contributed by atoms with Crippen molar-refractivity contribution in [3.8, 4) is 0 Å². The predicted molar refractivity (Wildman–Crippen MR) is 73.0 cm³/mol. The molecule has 106 valence electrons. The van der Waals surface area contributed by atoms with Gasteiger partial charge in [-0.05, 0) is 18.6 Å². The molecule has 0 aromatic heterocycles. The first kappa shape index (κ1) is 17.1. The van der Waals surface area contributed by atoms with Crippen molar-refractivity contribution in [1.29, 1.82) is 0 Å². The standard InChI is InChI=1S/C12H23NO4S/c1-3-5-7-8-13(12(16)17)10(11(14)15)18-9-6-4-2/h10H,3-9H2,1-2H3,(H,14,15)(H,16,17). The number of hydrogen-bond donors (Lipinski definition) is 2. The molecule has 0 aromatic carbocycles. The Hall–Kier alpha value is -0.910. The van der Waals surface area contributed by atoms with Gasteiger partial charge in [0.2, 0.25) is 0 Å². The van der Waals surface area contributed by atoms with Crippen LogP contribution in [0, 0.1) is 0 Å². The Morgan fingerprint density at radius 2 is 1.72 bits per heavy atom. The Labute approximate surface area is 113 Å². The summed E-state index contributed by atoms with van der Waals surface area (Å²) in [6.07, 6.45) is 3.33. The van der Waals surface area contributed by atoms with E-state index in [1.54, 1.807) is 0 Å². The summed E-state index contributed by atoms with van der Waals surface area (Å²) < 4.78 is 0. The number of aliphatic carboxylic acids is 1. The second-order valence-corrected chi connectivity index (χ2v) is 5.29. The largest absolute Gasteiger partial charge is 0.479 e. The maximum atomic E-state index is 11.1. The van der Waals surface area contributed by atoms with Crippen LogP contribution in [0.25, 0.3) is 0 Å². The van der Waals surface area contributed by atoms with Gasteiger partial charge in [-0.2, -0.15) is 0 Å². The van der Waals surface area contributed by atoms with Crippen LogP contribution in [-0.4, -0.2) is 44.8 Å². The third-order valence-corrected chi connectivity index (χ3v) is 3.81. The van der Waals surface area contributed by atoms with E-state index in [4.69, 9.17) is 10.2 Å². The molecule has 0 spiro atoms. The van der Waals surface area contributed by atoms with Crippen LogP contribution in [0.5, 0.6) is 0 Å². The Morgan fingerprint density at radius 1 is 1.11 bits per heavy atom. The van der Waals surface area contributed by atoms with Crippen LogP contribution in [0.1, 0.15) is 46.0 Å². The number of thioether (sulfide) groups is 1. The fourth-order valence-electron chi connectivity index (χ4n) is 1.48. The fourth-order valence-corrected chi connectivity index (χ4v) is 2.68. The Morgan fingerprint density at radius 3 is 2.17 bits per heavy atom. The third kappa shape index (κ3) is 6.74. The van der Waals surface area contributed by atoms with E-state index in [2.05, 4.69) is 0 Å². The van der Waals surface area contributed by atoms with Crippen molar-refractivity contribution in [2.45, 2.75) is 51.3 Å². The lowest BCUT2D eigenvalue weighted by Gasteiger charge is -2.25. The molecule has 0 saturated carbocycles. The van der Waals surface area contributed by atoms with Gasteiger partial charge in [0.05, 0.1) is 0 Å². The molecular weight excluding hydrogens is 254 g/mol. The van der Waals surface area contributed by atoms with Crippen LogP contribution in [0.4, 0.5) is 4.79 Å². The Balaban J connectivity index is 4.45. The lowest BCUT2D eigenvalue weighted by atomic mass is 10.2. The fraction of sp³-hybridized carbons (Fsp3) is 0.833. The van der Waals surface area contributed by atoms with E-state index in [1.165, 1.54) is 11.8 Å². The molecule has 6 heteroatoms. The predicted octanol–water partition coefficient (Wildman–Crippen LogP) is 3.10. The quantitative estimate of drug-likeness (QED) is 0.474. The van der Waals surface area contributed by atoms with Crippen LogP contribution < -0.4 is 0 Å². The molecule has 0 rings (SSSR count). The lowest BCUT2D eigenvalue weighted by Crippen LogP contribution is -2.43. The molecule has 0 heterocycles. The molecule has 0 saturated heterocycles. The van der Waals surface area contributed by atoms with Crippen LogP contribution in [0.15, 0.2) is 0 Å². The van der Waals surface area contributed by atoms with Gasteiger partial charge in [-0.25, -0.2) is 9.59 Å². The maximum Gasteiger partial charge on any atom is 0.408 e. The number of rotatable bonds is 10. The Bertz CT molecular complexity index is 234. The third-order valence-electron chi connectivity index (χ3n) is 2.52. The van der Waals surface area contributed by atoms with Crippen LogP contribution in [-0.2, 0) is 4.79 Å². The minimum absolute atomic E-state index is 0.291. The molecule has 0 radical (unpaired) electrons. The molecule has 5 nitrogen and oxygen atoms in total. The van der Waals surface area contributed by atoms with E-state index in [0.29, 0.717) is 18.7 Å². The van der Waals surface area contributed by atoms with Crippen molar-refractivity contribution in [3.05, 3.63) is 0 Å². The van der Waals surface area contributed by atoms with E-state index in [9.17, 15) is 9.59 Å². The van der Waals surface area contributed by atoms with Crippen molar-refractivity contribution in [1.82, 2.24) is 4.90 Å². The minimum Gasteiger partial charge on any atom is -0.479 e. The topological polar surface area (TPSA) is 77.8 Å². The summed E-state index contributed by atoms with van der Waals surface area (Å²) in [6, 6.07) is 0. The average molecular weight is 277 g/mol. The van der Waals surface area contributed by atoms with E-state index in [0.717, 1.165) is 30.6 Å². The summed E-state index contributed by atoms with van der Waals surface area (Å²) in [6.45, 7) is 4.33. The van der Waals surface area contributed by atoms with Gasteiger partial charge in [0, 0.05) is 6.54 Å². The first-order valence-electron chi connectivity index (χ1n) is 6.38. The summed E-state index contributed by atoms with van der Waals surface area (Å²) in [4.78, 5) is 23.3. The molecule has 1 unspecified atom stereocenters. The molecule has 0 aliphatic heterocycles. The average Bonchev–Trinajstić information content (AvgIpc) is 2.31. The molecule has 0 aliphatic rings. The zero-order chi connectivity index (χ0) is 14.0. The molecule has 0 aliphatic carbocycles. The van der Waals surface area contributed by atoms with Gasteiger partial charge >= 0.3 is 12.1 Å². The number of carboxylic acid groups (broad SMARTS) is 2. The first-order chi connectivity index (χ1) is 8.54. The van der Waals surface area contributed by atoms with Crippen LogP contribution in [0.2, 0.25) is 0 Å². The molecular formula is C12H23NO4S. The molecule has 1 atom stereocenters. The normalized spacial score (nSPS) is 12.1. The highest BCUT2D eigenvalue weighted by Gasteiger charge is 2.29. The maximum absolute atomic E-state index is 11.1. The summed E-state index contributed by atoms with van der Waals surface area (Å²) in [5.41, 5.74) is 0. The van der Waals surface area contributed by atoms with E-state index >= 15 is 0 Å². The van der Waals surface area contributed by atoms with Gasteiger partial charge in [-0.15, -0.1) is 11.8 Å². The highest BCUT2D eigenvalue weighted by Crippen LogP contribution is 2.19. The number of hydrogen-bond acceptors (Lipinski definition) is 3. The van der Waals surface area contributed by atoms with E-state index in [1.807, 2.05) is 13.8 Å². The monoisotopic (exact) mass is 277 g/mol. The molecule has 0 aromatic rings. The first-order valence-corrected chi connectivity index (χ1v) is 7.43. The smallest absolute Gasteiger partial charge is 0.408 e. The molecule has 2 N–H and O–H groups in total. The van der Waals surface area contributed by atoms with E-state index < -0.39 is 17.4 Å². The van der Waals surface area contributed by atoms with Crippen molar-refractivity contribution in [3.63, 3.8) is 0 Å². The van der Waals surface area contributed by atoms with Crippen molar-refractivity contribution < 1.29 is 19.8 Å². The minimum atomic E-state index is -1.15. The number of nitrogens with zero attached hydrogens (tertiary/aromatic N) is 1. The molecule has 0 bridgehead atoms. The highest BCUT2D eigenvalue weighted by atomic mass is 32.2. The zero-order valence-electron chi connectivity index (χ0n) is 11.1. The van der Waals surface area contributed by atoms with Gasteiger partial charge in [0.15, 0.2) is 5.37 Å². The number of carboxylic acids is 1. The van der Waals surface area contributed by atoms with Gasteiger partial charge < -0.3 is 10.2 Å². The van der Waals surface area contributed by atoms with Gasteiger partial charge in [0.1, 0.15) is 0 Å². The molecule has 1 amide bonds. The van der Waals surface area contributed by atoms with Gasteiger partial charge in [-0.1, -0.05) is 33.1 Å². The van der Waals surface area contributed by atoms with Crippen molar-refractivity contribution >= 4 is 23.8 Å².